The highest BCUT2D eigenvalue weighted by Crippen LogP contribution is 2.27. The molecule has 1 aromatic carbocycles. The molecule has 5 nitrogen and oxygen atoms in total. The van der Waals surface area contributed by atoms with Gasteiger partial charge in [0.15, 0.2) is 4.34 Å². The van der Waals surface area contributed by atoms with Gasteiger partial charge in [0.05, 0.1) is 5.75 Å². The summed E-state index contributed by atoms with van der Waals surface area (Å²) in [5, 5.41) is 12.2. The molecule has 0 saturated heterocycles. The highest BCUT2D eigenvalue weighted by atomic mass is 32.2. The molecule has 0 saturated carbocycles. The summed E-state index contributed by atoms with van der Waals surface area (Å²) >= 11 is 2.92. The molecule has 0 aliphatic heterocycles. The maximum Gasteiger partial charge on any atom is 0.233 e. The number of rotatable bonds is 9. The van der Waals surface area contributed by atoms with Crippen LogP contribution in [0.5, 0.6) is 0 Å². The monoisotopic (exact) mass is 350 g/mol. The Hall–Kier alpha value is -1.60. The molecule has 0 spiro atoms. The zero-order valence-corrected chi connectivity index (χ0v) is 15.1. The molecule has 0 aliphatic carbocycles. The number of anilines is 2. The number of thioether (sulfide) groups is 1. The zero-order chi connectivity index (χ0) is 16.5. The molecule has 2 aromatic rings. The predicted octanol–water partition coefficient (Wildman–Crippen LogP) is 4.02. The maximum atomic E-state index is 12.2. The van der Waals surface area contributed by atoms with E-state index in [1.165, 1.54) is 23.1 Å². The largest absolute Gasteiger partial charge is 0.342 e. The molecule has 0 radical (unpaired) electrons. The molecule has 0 atom stereocenters. The van der Waals surface area contributed by atoms with E-state index in [1.807, 2.05) is 35.2 Å². The second-order valence-corrected chi connectivity index (χ2v) is 7.23. The lowest BCUT2D eigenvalue weighted by atomic mass is 10.3. The van der Waals surface area contributed by atoms with Crippen LogP contribution in [0.4, 0.5) is 10.8 Å². The Morgan fingerprint density at radius 1 is 1.17 bits per heavy atom. The van der Waals surface area contributed by atoms with Crippen molar-refractivity contribution in [3.8, 4) is 0 Å². The van der Waals surface area contributed by atoms with Crippen LogP contribution >= 0.6 is 23.1 Å². The molecule has 1 N–H and O–H groups in total. The predicted molar refractivity (Wildman–Crippen MR) is 97.5 cm³/mol. The third kappa shape index (κ3) is 5.84. The number of aromatic nitrogens is 2. The van der Waals surface area contributed by atoms with E-state index in [4.69, 9.17) is 0 Å². The number of hydrogen-bond acceptors (Lipinski definition) is 6. The van der Waals surface area contributed by atoms with Crippen molar-refractivity contribution in [3.05, 3.63) is 30.3 Å². The summed E-state index contributed by atoms with van der Waals surface area (Å²) in [4.78, 5) is 14.2. The molecule has 7 heteroatoms. The van der Waals surface area contributed by atoms with Crippen LogP contribution in [0.2, 0.25) is 0 Å². The van der Waals surface area contributed by atoms with E-state index in [1.54, 1.807) is 0 Å². The van der Waals surface area contributed by atoms with Crippen molar-refractivity contribution in [1.82, 2.24) is 15.1 Å². The number of amides is 1. The van der Waals surface area contributed by atoms with Crippen molar-refractivity contribution >= 4 is 39.8 Å². The molecule has 1 aromatic heterocycles. The first-order chi connectivity index (χ1) is 11.2. The van der Waals surface area contributed by atoms with Crippen LogP contribution in [0.1, 0.15) is 26.7 Å². The number of carbonyl (C=O) groups is 1. The third-order valence-corrected chi connectivity index (χ3v) is 5.05. The Morgan fingerprint density at radius 3 is 2.52 bits per heavy atom. The Bertz CT molecular complexity index is 597. The summed E-state index contributed by atoms with van der Waals surface area (Å²) in [5.74, 6) is 0.589. The Labute approximate surface area is 145 Å². The smallest absolute Gasteiger partial charge is 0.233 e. The van der Waals surface area contributed by atoms with Crippen LogP contribution in [0.25, 0.3) is 0 Å². The molecule has 23 heavy (non-hydrogen) atoms. The van der Waals surface area contributed by atoms with Crippen molar-refractivity contribution in [1.29, 1.82) is 0 Å². The number of nitrogens with one attached hydrogen (secondary N) is 1. The minimum absolute atomic E-state index is 0.173. The van der Waals surface area contributed by atoms with Crippen molar-refractivity contribution in [2.75, 3.05) is 24.2 Å². The number of nitrogens with zero attached hydrogens (tertiary/aromatic N) is 3. The van der Waals surface area contributed by atoms with Gasteiger partial charge in [0.25, 0.3) is 0 Å². The first-order valence-corrected chi connectivity index (χ1v) is 9.59. The second-order valence-electron chi connectivity index (χ2n) is 5.03. The van der Waals surface area contributed by atoms with Crippen molar-refractivity contribution < 1.29 is 4.79 Å². The topological polar surface area (TPSA) is 58.1 Å². The van der Waals surface area contributed by atoms with Crippen molar-refractivity contribution in [3.63, 3.8) is 0 Å². The van der Waals surface area contributed by atoms with E-state index >= 15 is 0 Å². The molecular weight excluding hydrogens is 328 g/mol. The standard InChI is InChI=1S/C16H22N4OS2/c1-3-10-20(11-4-2)14(21)12-22-16-19-18-15(23-16)17-13-8-6-5-7-9-13/h5-9H,3-4,10-12H2,1-2H3,(H,17,18). The number of benzene rings is 1. The van der Waals surface area contributed by atoms with Crippen LogP contribution in [0.3, 0.4) is 0 Å². The van der Waals surface area contributed by atoms with E-state index in [-0.39, 0.29) is 5.91 Å². The van der Waals surface area contributed by atoms with Gasteiger partial charge in [-0.15, -0.1) is 10.2 Å². The van der Waals surface area contributed by atoms with Crippen LogP contribution in [0, 0.1) is 0 Å². The van der Waals surface area contributed by atoms with E-state index in [9.17, 15) is 4.79 Å². The minimum Gasteiger partial charge on any atom is -0.342 e. The molecule has 0 bridgehead atoms. The highest BCUT2D eigenvalue weighted by molar-refractivity contribution is 8.01. The average Bonchev–Trinajstić information content (AvgIpc) is 3.01. The van der Waals surface area contributed by atoms with Gasteiger partial charge in [-0.1, -0.05) is 55.1 Å². The molecule has 0 fully saturated rings. The highest BCUT2D eigenvalue weighted by Gasteiger charge is 2.14. The normalized spacial score (nSPS) is 10.5. The zero-order valence-electron chi connectivity index (χ0n) is 13.5. The van der Waals surface area contributed by atoms with E-state index in [0.29, 0.717) is 5.75 Å². The molecule has 1 heterocycles. The van der Waals surface area contributed by atoms with E-state index in [0.717, 1.165) is 41.1 Å². The summed E-state index contributed by atoms with van der Waals surface area (Å²) in [6, 6.07) is 9.86. The lowest BCUT2D eigenvalue weighted by Crippen LogP contribution is -2.33. The fourth-order valence-corrected chi connectivity index (χ4v) is 3.75. The Kier molecular flexibility index (Phi) is 7.35. The average molecular weight is 351 g/mol. The molecule has 2 rings (SSSR count). The molecular formula is C16H22N4OS2. The number of carbonyl (C=O) groups excluding carboxylic acids is 1. The Morgan fingerprint density at radius 2 is 1.87 bits per heavy atom. The van der Waals surface area contributed by atoms with Crippen molar-refractivity contribution in [2.45, 2.75) is 31.0 Å². The molecule has 1 amide bonds. The Balaban J connectivity index is 1.85. The van der Waals surface area contributed by atoms with Gasteiger partial charge < -0.3 is 10.2 Å². The summed E-state index contributed by atoms with van der Waals surface area (Å²) in [7, 11) is 0. The van der Waals surface area contributed by atoms with Crippen LogP contribution in [0.15, 0.2) is 34.7 Å². The van der Waals surface area contributed by atoms with Gasteiger partial charge in [0.2, 0.25) is 11.0 Å². The summed E-state index contributed by atoms with van der Waals surface area (Å²) in [5.41, 5.74) is 0.980. The van der Waals surface area contributed by atoms with Crippen molar-refractivity contribution in [2.24, 2.45) is 0 Å². The van der Waals surface area contributed by atoms with Crippen LogP contribution in [-0.4, -0.2) is 39.8 Å². The molecule has 0 aliphatic rings. The van der Waals surface area contributed by atoms with E-state index in [2.05, 4.69) is 29.4 Å². The van der Waals surface area contributed by atoms with Gasteiger partial charge in [-0.3, -0.25) is 4.79 Å². The van der Waals surface area contributed by atoms with Crippen LogP contribution in [-0.2, 0) is 4.79 Å². The van der Waals surface area contributed by atoms with Crippen LogP contribution < -0.4 is 5.32 Å². The number of para-hydroxylation sites is 1. The maximum absolute atomic E-state index is 12.2. The molecule has 0 unspecified atom stereocenters. The number of hydrogen-bond donors (Lipinski definition) is 1. The first-order valence-electron chi connectivity index (χ1n) is 7.79. The fourth-order valence-electron chi connectivity index (χ4n) is 2.08. The fraction of sp³-hybridized carbons (Fsp3) is 0.438. The molecule has 124 valence electrons. The van der Waals surface area contributed by atoms with Gasteiger partial charge in [-0.05, 0) is 25.0 Å². The second kappa shape index (κ2) is 9.52. The van der Waals surface area contributed by atoms with Gasteiger partial charge in [0, 0.05) is 18.8 Å². The van der Waals surface area contributed by atoms with Gasteiger partial charge in [-0.2, -0.15) is 0 Å². The first kappa shape index (κ1) is 17.7. The lowest BCUT2D eigenvalue weighted by molar-refractivity contribution is -0.128. The SMILES string of the molecule is CCCN(CCC)C(=O)CSc1nnc(Nc2ccccc2)s1. The van der Waals surface area contributed by atoms with E-state index < -0.39 is 0 Å². The third-order valence-electron chi connectivity index (χ3n) is 3.09. The lowest BCUT2D eigenvalue weighted by Gasteiger charge is -2.20. The summed E-state index contributed by atoms with van der Waals surface area (Å²) in [6.45, 7) is 5.83. The van der Waals surface area contributed by atoms with Gasteiger partial charge in [0.1, 0.15) is 0 Å². The van der Waals surface area contributed by atoms with Gasteiger partial charge >= 0.3 is 0 Å². The summed E-state index contributed by atoms with van der Waals surface area (Å²) in [6.07, 6.45) is 1.97. The van der Waals surface area contributed by atoms with Gasteiger partial charge in [-0.25, -0.2) is 0 Å². The quantitative estimate of drug-likeness (QED) is 0.692. The minimum atomic E-state index is 0.173. The summed E-state index contributed by atoms with van der Waals surface area (Å²) < 4.78 is 0.810.